The molecule has 0 aromatic carbocycles. The molecule has 86 valence electrons. The first-order chi connectivity index (χ1) is 6.35. The number of ether oxygens (including phenoxy) is 1. The predicted molar refractivity (Wildman–Crippen MR) is 59.5 cm³/mol. The summed E-state index contributed by atoms with van der Waals surface area (Å²) in [6.07, 6.45) is -0.373. The molecule has 0 heterocycles. The molecule has 3 heteroatoms. The summed E-state index contributed by atoms with van der Waals surface area (Å²) in [6.45, 7) is 11.3. The second-order valence-corrected chi connectivity index (χ2v) is 5.07. The third kappa shape index (κ3) is 8.48. The normalized spacial score (nSPS) is 14.8. The molecular weight excluding hydrogens is 178 g/mol. The van der Waals surface area contributed by atoms with Gasteiger partial charge in [-0.15, -0.1) is 0 Å². The van der Waals surface area contributed by atoms with Gasteiger partial charge in [-0.1, -0.05) is 20.8 Å². The molecule has 0 saturated heterocycles. The fraction of sp³-hybridized carbons (Fsp3) is 1.00. The first kappa shape index (κ1) is 13.9. The maximum absolute atomic E-state index is 9.58. The van der Waals surface area contributed by atoms with Crippen LogP contribution in [0.2, 0.25) is 0 Å². The molecule has 0 rings (SSSR count). The smallest absolute Gasteiger partial charge is 0.0900 e. The molecule has 0 bridgehead atoms. The van der Waals surface area contributed by atoms with E-state index in [1.807, 2.05) is 14.0 Å². The first-order valence-corrected chi connectivity index (χ1v) is 5.29. The summed E-state index contributed by atoms with van der Waals surface area (Å²) in [6, 6.07) is 0. The van der Waals surface area contributed by atoms with Crippen molar-refractivity contribution in [3.8, 4) is 0 Å². The zero-order valence-corrected chi connectivity index (χ0v) is 10.2. The van der Waals surface area contributed by atoms with Gasteiger partial charge in [-0.05, 0) is 19.4 Å². The van der Waals surface area contributed by atoms with Crippen molar-refractivity contribution in [3.63, 3.8) is 0 Å². The molecule has 1 unspecified atom stereocenters. The maximum atomic E-state index is 9.58. The summed E-state index contributed by atoms with van der Waals surface area (Å²) in [4.78, 5) is 2.14. The fourth-order valence-electron chi connectivity index (χ4n) is 1.54. The van der Waals surface area contributed by atoms with Gasteiger partial charge < -0.3 is 14.7 Å². The van der Waals surface area contributed by atoms with Gasteiger partial charge >= 0.3 is 0 Å². The van der Waals surface area contributed by atoms with Crippen LogP contribution in [0.4, 0.5) is 0 Å². The lowest BCUT2D eigenvalue weighted by Crippen LogP contribution is -2.37. The highest BCUT2D eigenvalue weighted by molar-refractivity contribution is 4.69. The van der Waals surface area contributed by atoms with Gasteiger partial charge in [0, 0.05) is 19.7 Å². The molecule has 1 N–H and O–H groups in total. The van der Waals surface area contributed by atoms with E-state index in [4.69, 9.17) is 4.74 Å². The molecule has 3 nitrogen and oxygen atoms in total. The molecule has 0 radical (unpaired) electrons. The lowest BCUT2D eigenvalue weighted by molar-refractivity contribution is 0.0209. The van der Waals surface area contributed by atoms with Crippen LogP contribution in [-0.4, -0.2) is 49.5 Å². The second kappa shape index (κ2) is 6.38. The number of rotatable bonds is 6. The van der Waals surface area contributed by atoms with Crippen LogP contribution in [0.1, 0.15) is 27.7 Å². The van der Waals surface area contributed by atoms with Crippen LogP contribution in [0.25, 0.3) is 0 Å². The Labute approximate surface area is 88.1 Å². The standard InChI is InChI=1S/C11H25NO2/c1-6-14-8-10(13)7-12(5)9-11(2,3)4/h10,13H,6-9H2,1-5H3. The monoisotopic (exact) mass is 203 g/mol. The topological polar surface area (TPSA) is 32.7 Å². The van der Waals surface area contributed by atoms with Crippen molar-refractivity contribution in [1.29, 1.82) is 0 Å². The Hall–Kier alpha value is -0.120. The molecule has 0 aliphatic rings. The van der Waals surface area contributed by atoms with Gasteiger partial charge in [-0.3, -0.25) is 0 Å². The molecule has 0 fully saturated rings. The Balaban J connectivity index is 3.65. The third-order valence-electron chi connectivity index (χ3n) is 1.78. The lowest BCUT2D eigenvalue weighted by Gasteiger charge is -2.28. The summed E-state index contributed by atoms with van der Waals surface area (Å²) in [7, 11) is 2.03. The largest absolute Gasteiger partial charge is 0.389 e. The average molecular weight is 203 g/mol. The van der Waals surface area contributed by atoms with E-state index in [9.17, 15) is 5.11 Å². The van der Waals surface area contributed by atoms with E-state index < -0.39 is 0 Å². The van der Waals surface area contributed by atoms with Crippen molar-refractivity contribution in [2.24, 2.45) is 5.41 Å². The summed E-state index contributed by atoms with van der Waals surface area (Å²) >= 11 is 0. The van der Waals surface area contributed by atoms with Crippen LogP contribution in [-0.2, 0) is 4.74 Å². The van der Waals surface area contributed by atoms with E-state index in [1.165, 1.54) is 0 Å². The number of hydrogen-bond acceptors (Lipinski definition) is 3. The van der Waals surface area contributed by atoms with Gasteiger partial charge in [-0.2, -0.15) is 0 Å². The third-order valence-corrected chi connectivity index (χ3v) is 1.78. The minimum Gasteiger partial charge on any atom is -0.389 e. The lowest BCUT2D eigenvalue weighted by atomic mass is 9.96. The number of aliphatic hydroxyl groups excluding tert-OH is 1. The van der Waals surface area contributed by atoms with E-state index in [1.54, 1.807) is 0 Å². The van der Waals surface area contributed by atoms with Crippen LogP contribution >= 0.6 is 0 Å². The molecular formula is C11H25NO2. The average Bonchev–Trinajstić information content (AvgIpc) is 1.96. The SMILES string of the molecule is CCOCC(O)CN(C)CC(C)(C)C. The summed E-state index contributed by atoms with van der Waals surface area (Å²) in [5, 5.41) is 9.58. The zero-order chi connectivity index (χ0) is 11.2. The van der Waals surface area contributed by atoms with Gasteiger partial charge in [0.15, 0.2) is 0 Å². The molecule has 0 saturated carbocycles. The van der Waals surface area contributed by atoms with Crippen molar-refractivity contribution in [1.82, 2.24) is 4.90 Å². The quantitative estimate of drug-likeness (QED) is 0.707. The Bertz CT molecular complexity index is 143. The highest BCUT2D eigenvalue weighted by atomic mass is 16.5. The predicted octanol–water partition coefficient (Wildman–Crippen LogP) is 1.36. The number of hydrogen-bond donors (Lipinski definition) is 1. The summed E-state index contributed by atoms with van der Waals surface area (Å²) in [5.41, 5.74) is 0.278. The minimum absolute atomic E-state index is 0.278. The van der Waals surface area contributed by atoms with Crippen LogP contribution in [0.3, 0.4) is 0 Å². The van der Waals surface area contributed by atoms with Crippen molar-refractivity contribution in [3.05, 3.63) is 0 Å². The van der Waals surface area contributed by atoms with E-state index in [0.29, 0.717) is 19.8 Å². The molecule has 0 spiro atoms. The van der Waals surface area contributed by atoms with Crippen molar-refractivity contribution >= 4 is 0 Å². The maximum Gasteiger partial charge on any atom is 0.0900 e. The molecule has 14 heavy (non-hydrogen) atoms. The first-order valence-electron chi connectivity index (χ1n) is 5.29. The van der Waals surface area contributed by atoms with E-state index >= 15 is 0 Å². The Morgan fingerprint density at radius 2 is 1.93 bits per heavy atom. The van der Waals surface area contributed by atoms with E-state index in [-0.39, 0.29) is 11.5 Å². The molecule has 0 aliphatic carbocycles. The van der Waals surface area contributed by atoms with Gasteiger partial charge in [0.25, 0.3) is 0 Å². The minimum atomic E-state index is -0.373. The zero-order valence-electron chi connectivity index (χ0n) is 10.2. The molecule has 1 atom stereocenters. The number of aliphatic hydroxyl groups is 1. The van der Waals surface area contributed by atoms with Crippen LogP contribution in [0, 0.1) is 5.41 Å². The Morgan fingerprint density at radius 1 is 1.36 bits per heavy atom. The summed E-state index contributed by atoms with van der Waals surface area (Å²) < 4.78 is 5.15. The van der Waals surface area contributed by atoms with Crippen molar-refractivity contribution in [2.75, 3.05) is 33.4 Å². The Kier molecular flexibility index (Phi) is 6.33. The van der Waals surface area contributed by atoms with Gasteiger partial charge in [-0.25, -0.2) is 0 Å². The number of nitrogens with zero attached hydrogens (tertiary/aromatic N) is 1. The molecule has 0 aromatic rings. The highest BCUT2D eigenvalue weighted by Crippen LogP contribution is 2.14. The molecule has 0 aliphatic heterocycles. The van der Waals surface area contributed by atoms with E-state index in [0.717, 1.165) is 6.54 Å². The molecule has 0 aromatic heterocycles. The second-order valence-electron chi connectivity index (χ2n) is 5.07. The van der Waals surface area contributed by atoms with Crippen LogP contribution < -0.4 is 0 Å². The van der Waals surface area contributed by atoms with E-state index in [2.05, 4.69) is 25.7 Å². The van der Waals surface area contributed by atoms with Crippen molar-refractivity contribution < 1.29 is 9.84 Å². The fourth-order valence-corrected chi connectivity index (χ4v) is 1.54. The van der Waals surface area contributed by atoms with Gasteiger partial charge in [0.05, 0.1) is 12.7 Å². The Morgan fingerprint density at radius 3 is 2.36 bits per heavy atom. The van der Waals surface area contributed by atoms with Gasteiger partial charge in [0.2, 0.25) is 0 Å². The van der Waals surface area contributed by atoms with Crippen molar-refractivity contribution in [2.45, 2.75) is 33.8 Å². The highest BCUT2D eigenvalue weighted by Gasteiger charge is 2.15. The van der Waals surface area contributed by atoms with Crippen LogP contribution in [0.15, 0.2) is 0 Å². The number of likely N-dealkylation sites (N-methyl/N-ethyl adjacent to an activating group) is 1. The molecule has 0 amide bonds. The summed E-state index contributed by atoms with van der Waals surface area (Å²) in [5.74, 6) is 0. The van der Waals surface area contributed by atoms with Crippen LogP contribution in [0.5, 0.6) is 0 Å². The van der Waals surface area contributed by atoms with Gasteiger partial charge in [0.1, 0.15) is 0 Å².